The molecule has 0 fully saturated rings. The van der Waals surface area contributed by atoms with Gasteiger partial charge in [-0.3, -0.25) is 0 Å². The molecule has 0 saturated carbocycles. The van der Waals surface area contributed by atoms with Crippen LogP contribution in [0, 0.1) is 16.7 Å². The van der Waals surface area contributed by atoms with Crippen LogP contribution in [0.2, 0.25) is 0 Å². The number of methoxy groups -OCH3 is 1. The van der Waals surface area contributed by atoms with E-state index in [4.69, 9.17) is 15.1 Å². The lowest BCUT2D eigenvalue weighted by Crippen LogP contribution is -2.33. The van der Waals surface area contributed by atoms with E-state index in [0.717, 1.165) is 6.07 Å². The zero-order valence-corrected chi connectivity index (χ0v) is 12.7. The second-order valence-corrected chi connectivity index (χ2v) is 6.73. The summed E-state index contributed by atoms with van der Waals surface area (Å²) in [5, 5.41) is 17.8. The van der Waals surface area contributed by atoms with E-state index in [2.05, 4.69) is 4.72 Å². The molecule has 0 aliphatic carbocycles. The number of carboxylic acids is 1. The molecule has 0 aromatic heterocycles. The Morgan fingerprint density at radius 1 is 1.48 bits per heavy atom. The molecule has 1 rings (SSSR count). The first-order chi connectivity index (χ1) is 9.63. The lowest BCUT2D eigenvalue weighted by molar-refractivity contribution is 0.0696. The van der Waals surface area contributed by atoms with Gasteiger partial charge in [-0.25, -0.2) is 17.9 Å². The normalized spacial score (nSPS) is 11.7. The molecule has 114 valence electrons. The predicted octanol–water partition coefficient (Wildman–Crippen LogP) is 1.22. The van der Waals surface area contributed by atoms with Crippen LogP contribution in [-0.2, 0) is 10.0 Å². The Hall–Kier alpha value is -2.11. The van der Waals surface area contributed by atoms with Crippen LogP contribution in [0.15, 0.2) is 23.1 Å². The zero-order valence-electron chi connectivity index (χ0n) is 11.9. The number of nitrogens with one attached hydrogen (secondary N) is 1. The Bertz CT molecular complexity index is 689. The summed E-state index contributed by atoms with van der Waals surface area (Å²) in [4.78, 5) is 10.7. The number of aromatic carboxylic acids is 1. The van der Waals surface area contributed by atoms with E-state index in [1.807, 2.05) is 6.07 Å². The van der Waals surface area contributed by atoms with E-state index in [1.54, 1.807) is 13.8 Å². The number of carbonyl (C=O) groups is 1. The number of rotatable bonds is 6. The van der Waals surface area contributed by atoms with Crippen LogP contribution in [0.1, 0.15) is 24.2 Å². The molecule has 0 saturated heterocycles. The summed E-state index contributed by atoms with van der Waals surface area (Å²) in [6.07, 6.45) is 0. The maximum absolute atomic E-state index is 12.3. The first-order valence-corrected chi connectivity index (χ1v) is 7.43. The second kappa shape index (κ2) is 6.11. The highest BCUT2D eigenvalue weighted by atomic mass is 32.2. The van der Waals surface area contributed by atoms with Crippen molar-refractivity contribution in [3.63, 3.8) is 0 Å². The van der Waals surface area contributed by atoms with Gasteiger partial charge in [0.15, 0.2) is 0 Å². The quantitative estimate of drug-likeness (QED) is 0.815. The number of carboxylic acid groups (broad SMARTS) is 1. The highest BCUT2D eigenvalue weighted by Crippen LogP contribution is 2.25. The van der Waals surface area contributed by atoms with Gasteiger partial charge in [-0.15, -0.1) is 0 Å². The smallest absolute Gasteiger partial charge is 0.335 e. The van der Waals surface area contributed by atoms with Crippen molar-refractivity contribution in [3.8, 4) is 11.8 Å². The maximum atomic E-state index is 12.3. The molecule has 0 aliphatic heterocycles. The SMILES string of the molecule is COc1ccc(C(=O)O)cc1S(=O)(=O)NCC(C)(C)C#N. The third-order valence-electron chi connectivity index (χ3n) is 2.71. The fourth-order valence-electron chi connectivity index (χ4n) is 1.41. The molecular formula is C13H16N2O5S. The molecule has 1 aromatic rings. The summed E-state index contributed by atoms with van der Waals surface area (Å²) in [5.74, 6) is -1.21. The van der Waals surface area contributed by atoms with Crippen molar-refractivity contribution >= 4 is 16.0 Å². The molecule has 0 bridgehead atoms. The molecule has 8 heteroatoms. The third-order valence-corrected chi connectivity index (χ3v) is 4.13. The largest absolute Gasteiger partial charge is 0.495 e. The van der Waals surface area contributed by atoms with Crippen molar-refractivity contribution in [2.45, 2.75) is 18.7 Å². The fraction of sp³-hybridized carbons (Fsp3) is 0.385. The summed E-state index contributed by atoms with van der Waals surface area (Å²) in [6, 6.07) is 5.51. The van der Waals surface area contributed by atoms with E-state index >= 15 is 0 Å². The molecule has 0 unspecified atom stereocenters. The lowest BCUT2D eigenvalue weighted by atomic mass is 9.97. The summed E-state index contributed by atoms with van der Waals surface area (Å²) < 4.78 is 31.7. The number of hydrogen-bond donors (Lipinski definition) is 2. The van der Waals surface area contributed by atoms with Gasteiger partial charge in [0, 0.05) is 6.54 Å². The lowest BCUT2D eigenvalue weighted by Gasteiger charge is -2.17. The Labute approximate surface area is 123 Å². The van der Waals surface area contributed by atoms with Gasteiger partial charge in [0.25, 0.3) is 0 Å². The van der Waals surface area contributed by atoms with Crippen LogP contribution >= 0.6 is 0 Å². The van der Waals surface area contributed by atoms with Gasteiger partial charge in [-0.2, -0.15) is 5.26 Å². The van der Waals surface area contributed by atoms with E-state index in [0.29, 0.717) is 0 Å². The van der Waals surface area contributed by atoms with Gasteiger partial charge < -0.3 is 9.84 Å². The van der Waals surface area contributed by atoms with Crippen LogP contribution in [0.3, 0.4) is 0 Å². The second-order valence-electron chi connectivity index (χ2n) is 4.99. The fourth-order valence-corrected chi connectivity index (χ4v) is 2.82. The predicted molar refractivity (Wildman–Crippen MR) is 74.5 cm³/mol. The van der Waals surface area contributed by atoms with Crippen LogP contribution in [0.25, 0.3) is 0 Å². The number of sulfonamides is 1. The molecule has 1 aromatic carbocycles. The minimum Gasteiger partial charge on any atom is -0.495 e. The van der Waals surface area contributed by atoms with E-state index in [-0.39, 0.29) is 22.8 Å². The number of nitriles is 1. The summed E-state index contributed by atoms with van der Waals surface area (Å²) in [6.45, 7) is 3.06. The van der Waals surface area contributed by atoms with Gasteiger partial charge in [-0.1, -0.05) is 0 Å². The highest BCUT2D eigenvalue weighted by Gasteiger charge is 2.25. The van der Waals surface area contributed by atoms with Crippen LogP contribution in [0.4, 0.5) is 0 Å². The van der Waals surface area contributed by atoms with Crippen LogP contribution < -0.4 is 9.46 Å². The average molecular weight is 312 g/mol. The van der Waals surface area contributed by atoms with Gasteiger partial charge >= 0.3 is 5.97 Å². The third kappa shape index (κ3) is 4.18. The van der Waals surface area contributed by atoms with Crippen molar-refractivity contribution in [2.24, 2.45) is 5.41 Å². The van der Waals surface area contributed by atoms with Crippen molar-refractivity contribution in [1.29, 1.82) is 5.26 Å². The highest BCUT2D eigenvalue weighted by molar-refractivity contribution is 7.89. The van der Waals surface area contributed by atoms with Crippen molar-refractivity contribution < 1.29 is 23.1 Å². The number of nitrogens with zero attached hydrogens (tertiary/aromatic N) is 1. The summed E-state index contributed by atoms with van der Waals surface area (Å²) >= 11 is 0. The van der Waals surface area contributed by atoms with Crippen molar-refractivity contribution in [3.05, 3.63) is 23.8 Å². The first kappa shape index (κ1) is 16.9. The number of ether oxygens (including phenoxy) is 1. The molecule has 0 radical (unpaired) electrons. The van der Waals surface area contributed by atoms with E-state index in [9.17, 15) is 13.2 Å². The Morgan fingerprint density at radius 3 is 2.57 bits per heavy atom. The zero-order chi connectivity index (χ0) is 16.3. The van der Waals surface area contributed by atoms with Crippen LogP contribution in [0.5, 0.6) is 5.75 Å². The summed E-state index contributed by atoms with van der Waals surface area (Å²) in [5.41, 5.74) is -1.05. The van der Waals surface area contributed by atoms with E-state index in [1.165, 1.54) is 19.2 Å². The number of hydrogen-bond acceptors (Lipinski definition) is 5. The van der Waals surface area contributed by atoms with Gasteiger partial charge in [0.05, 0.1) is 24.2 Å². The molecule has 0 atom stereocenters. The molecular weight excluding hydrogens is 296 g/mol. The topological polar surface area (TPSA) is 116 Å². The Balaban J connectivity index is 3.21. The van der Waals surface area contributed by atoms with Crippen molar-refractivity contribution in [1.82, 2.24) is 4.72 Å². The molecule has 2 N–H and O–H groups in total. The van der Waals surface area contributed by atoms with Gasteiger partial charge in [-0.05, 0) is 32.0 Å². The Morgan fingerprint density at radius 2 is 2.10 bits per heavy atom. The minimum absolute atomic E-state index is 0.0299. The molecule has 0 amide bonds. The molecule has 0 spiro atoms. The monoisotopic (exact) mass is 312 g/mol. The maximum Gasteiger partial charge on any atom is 0.335 e. The Kier molecular flexibility index (Phi) is 4.93. The van der Waals surface area contributed by atoms with Crippen LogP contribution in [-0.4, -0.2) is 33.1 Å². The first-order valence-electron chi connectivity index (χ1n) is 5.95. The van der Waals surface area contributed by atoms with Gasteiger partial charge in [0.2, 0.25) is 10.0 Å². The van der Waals surface area contributed by atoms with E-state index < -0.39 is 21.4 Å². The molecule has 0 aliphatic rings. The minimum atomic E-state index is -3.99. The average Bonchev–Trinajstić information content (AvgIpc) is 2.44. The molecule has 7 nitrogen and oxygen atoms in total. The van der Waals surface area contributed by atoms with Crippen molar-refractivity contribution in [2.75, 3.05) is 13.7 Å². The molecule has 0 heterocycles. The number of benzene rings is 1. The standard InChI is InChI=1S/C13H16N2O5S/c1-13(2,7-14)8-15-21(18,19)11-6-9(12(16)17)4-5-10(11)20-3/h4-6,15H,8H2,1-3H3,(H,16,17). The summed E-state index contributed by atoms with van der Waals surface area (Å²) in [7, 11) is -2.71. The van der Waals surface area contributed by atoms with Gasteiger partial charge in [0.1, 0.15) is 10.6 Å². The molecule has 21 heavy (non-hydrogen) atoms.